The van der Waals surface area contributed by atoms with Crippen molar-refractivity contribution in [1.29, 1.82) is 5.26 Å². The van der Waals surface area contributed by atoms with E-state index < -0.39 is 10.0 Å². The van der Waals surface area contributed by atoms with Crippen LogP contribution in [0.25, 0.3) is 11.3 Å². The number of rotatable bonds is 8. The van der Waals surface area contributed by atoms with Crippen molar-refractivity contribution in [3.8, 4) is 17.3 Å². The lowest BCUT2D eigenvalue weighted by molar-refractivity contribution is -0.113. The number of nitrogens with one attached hydrogen (secondary N) is 2. The molecule has 0 unspecified atom stereocenters. The number of nitriles is 1. The van der Waals surface area contributed by atoms with E-state index in [1.165, 1.54) is 30.3 Å². The number of benzene rings is 2. The lowest BCUT2D eigenvalue weighted by Crippen LogP contribution is -2.15. The lowest BCUT2D eigenvalue weighted by atomic mass is 10.1. The van der Waals surface area contributed by atoms with Crippen LogP contribution in [0.5, 0.6) is 0 Å². The standard InChI is InChI=1S/C25H21N5O4S2/c1-16-3-5-18(6-4-16)22-12-7-19(14-26)25(28-22)35-15-24(31)27-20-8-10-21(11-9-20)36(32,33)30-23-13-17(2)34-29-23/h3-13H,15H2,1-2H3,(H,27,31)(H,29,30). The summed E-state index contributed by atoms with van der Waals surface area (Å²) in [4.78, 5) is 17.1. The molecule has 1 amide bonds. The SMILES string of the molecule is Cc1ccc(-c2ccc(C#N)c(SCC(=O)Nc3ccc(S(=O)(=O)Nc4cc(C)on4)cc3)n2)cc1. The highest BCUT2D eigenvalue weighted by Crippen LogP contribution is 2.26. The van der Waals surface area contributed by atoms with E-state index in [0.29, 0.717) is 27.7 Å². The van der Waals surface area contributed by atoms with Gasteiger partial charge in [0.1, 0.15) is 16.9 Å². The van der Waals surface area contributed by atoms with Crippen LogP contribution in [0.4, 0.5) is 11.5 Å². The molecule has 0 aliphatic rings. The zero-order chi connectivity index (χ0) is 25.7. The average Bonchev–Trinajstić information content (AvgIpc) is 3.27. The minimum absolute atomic E-state index is 0.00584. The molecule has 2 aromatic heterocycles. The number of aryl methyl sites for hydroxylation is 2. The molecular formula is C25H21N5O4S2. The Morgan fingerprint density at radius 3 is 2.42 bits per heavy atom. The van der Waals surface area contributed by atoms with E-state index in [-0.39, 0.29) is 22.4 Å². The quantitative estimate of drug-likeness (QED) is 0.318. The number of aromatic nitrogens is 2. The van der Waals surface area contributed by atoms with Crippen molar-refractivity contribution in [2.24, 2.45) is 0 Å². The van der Waals surface area contributed by atoms with Gasteiger partial charge in [-0.3, -0.25) is 9.52 Å². The van der Waals surface area contributed by atoms with Gasteiger partial charge in [-0.1, -0.05) is 46.7 Å². The molecule has 0 saturated heterocycles. The molecule has 2 N–H and O–H groups in total. The lowest BCUT2D eigenvalue weighted by Gasteiger charge is -2.09. The van der Waals surface area contributed by atoms with Crippen LogP contribution in [0, 0.1) is 25.2 Å². The van der Waals surface area contributed by atoms with Gasteiger partial charge in [-0.25, -0.2) is 13.4 Å². The molecular weight excluding hydrogens is 498 g/mol. The number of carbonyl (C=O) groups is 1. The maximum absolute atomic E-state index is 12.5. The molecule has 2 heterocycles. The number of thioether (sulfide) groups is 1. The first-order chi connectivity index (χ1) is 17.2. The largest absolute Gasteiger partial charge is 0.360 e. The first-order valence-electron chi connectivity index (χ1n) is 10.7. The zero-order valence-electron chi connectivity index (χ0n) is 19.3. The highest BCUT2D eigenvalue weighted by atomic mass is 32.2. The van der Waals surface area contributed by atoms with Gasteiger partial charge in [0, 0.05) is 17.3 Å². The number of amides is 1. The third-order valence-electron chi connectivity index (χ3n) is 4.98. The van der Waals surface area contributed by atoms with Crippen molar-refractivity contribution >= 4 is 39.2 Å². The molecule has 0 spiro atoms. The number of nitrogens with zero attached hydrogens (tertiary/aromatic N) is 3. The highest BCUT2D eigenvalue weighted by molar-refractivity contribution is 8.00. The molecule has 0 bridgehead atoms. The molecule has 4 aromatic rings. The number of carbonyl (C=O) groups excluding carboxylic acids is 1. The summed E-state index contributed by atoms with van der Waals surface area (Å²) in [6.45, 7) is 3.65. The predicted octanol–water partition coefficient (Wildman–Crippen LogP) is 4.76. The molecule has 182 valence electrons. The molecule has 0 aliphatic carbocycles. The van der Waals surface area contributed by atoms with Gasteiger partial charge in [-0.2, -0.15) is 5.26 Å². The number of anilines is 2. The molecule has 9 nitrogen and oxygen atoms in total. The van der Waals surface area contributed by atoms with E-state index in [4.69, 9.17) is 4.52 Å². The minimum Gasteiger partial charge on any atom is -0.360 e. The second-order valence-corrected chi connectivity index (χ2v) is 10.5. The third-order valence-corrected chi connectivity index (χ3v) is 7.35. The fourth-order valence-electron chi connectivity index (χ4n) is 3.18. The van der Waals surface area contributed by atoms with Gasteiger partial charge in [0.25, 0.3) is 10.0 Å². The van der Waals surface area contributed by atoms with Gasteiger partial charge in [-0.05, 0) is 50.2 Å². The van der Waals surface area contributed by atoms with Crippen molar-refractivity contribution < 1.29 is 17.7 Å². The molecule has 0 radical (unpaired) electrons. The zero-order valence-corrected chi connectivity index (χ0v) is 21.0. The van der Waals surface area contributed by atoms with Crippen molar-refractivity contribution in [3.63, 3.8) is 0 Å². The molecule has 0 aliphatic heterocycles. The van der Waals surface area contributed by atoms with Crippen LogP contribution >= 0.6 is 11.8 Å². The van der Waals surface area contributed by atoms with Crippen molar-refractivity contribution in [1.82, 2.24) is 10.1 Å². The van der Waals surface area contributed by atoms with E-state index in [9.17, 15) is 18.5 Å². The number of sulfonamides is 1. The van der Waals surface area contributed by atoms with Gasteiger partial charge in [0.2, 0.25) is 5.91 Å². The minimum atomic E-state index is -3.86. The van der Waals surface area contributed by atoms with E-state index >= 15 is 0 Å². The summed E-state index contributed by atoms with van der Waals surface area (Å²) in [5, 5.41) is 16.2. The summed E-state index contributed by atoms with van der Waals surface area (Å²) in [5.41, 5.74) is 3.57. The smallest absolute Gasteiger partial charge is 0.263 e. The summed E-state index contributed by atoms with van der Waals surface area (Å²) in [7, 11) is -3.86. The fraction of sp³-hybridized carbons (Fsp3) is 0.120. The Bertz CT molecular complexity index is 1540. The number of pyridine rings is 1. The van der Waals surface area contributed by atoms with Gasteiger partial charge >= 0.3 is 0 Å². The molecule has 4 rings (SSSR count). The van der Waals surface area contributed by atoms with E-state index in [2.05, 4.69) is 26.2 Å². The average molecular weight is 520 g/mol. The Kier molecular flexibility index (Phi) is 7.38. The second kappa shape index (κ2) is 10.6. The first kappa shape index (κ1) is 25.0. The molecule has 2 aromatic carbocycles. The fourth-order valence-corrected chi connectivity index (χ4v) is 4.94. The molecule has 11 heteroatoms. The second-order valence-electron chi connectivity index (χ2n) is 7.82. The van der Waals surface area contributed by atoms with Crippen LogP contribution in [0.2, 0.25) is 0 Å². The van der Waals surface area contributed by atoms with E-state index in [0.717, 1.165) is 22.9 Å². The van der Waals surface area contributed by atoms with Crippen LogP contribution in [0.3, 0.4) is 0 Å². The van der Waals surface area contributed by atoms with Crippen LogP contribution in [-0.2, 0) is 14.8 Å². The maximum atomic E-state index is 12.5. The summed E-state index contributed by atoms with van der Waals surface area (Å²) in [5.74, 6) is 0.256. The Balaban J connectivity index is 1.39. The summed E-state index contributed by atoms with van der Waals surface area (Å²) in [6.07, 6.45) is 0. The van der Waals surface area contributed by atoms with Crippen molar-refractivity contribution in [2.75, 3.05) is 15.8 Å². The maximum Gasteiger partial charge on any atom is 0.263 e. The van der Waals surface area contributed by atoms with Crippen LogP contribution in [0.1, 0.15) is 16.9 Å². The van der Waals surface area contributed by atoms with Crippen molar-refractivity contribution in [2.45, 2.75) is 23.8 Å². The normalized spacial score (nSPS) is 11.0. The monoisotopic (exact) mass is 519 g/mol. The molecule has 0 atom stereocenters. The number of hydrogen-bond donors (Lipinski definition) is 2. The van der Waals surface area contributed by atoms with Gasteiger partial charge in [-0.15, -0.1) is 0 Å². The van der Waals surface area contributed by atoms with Crippen LogP contribution in [0.15, 0.2) is 81.2 Å². The summed E-state index contributed by atoms with van der Waals surface area (Å²) < 4.78 is 32.2. The van der Waals surface area contributed by atoms with Crippen LogP contribution in [-0.4, -0.2) is 30.2 Å². The van der Waals surface area contributed by atoms with E-state index in [1.807, 2.05) is 31.2 Å². The summed E-state index contributed by atoms with van der Waals surface area (Å²) >= 11 is 1.15. The predicted molar refractivity (Wildman–Crippen MR) is 137 cm³/mol. The topological polar surface area (TPSA) is 138 Å². The Hall–Kier alpha value is -4.14. The Labute approximate surface area is 212 Å². The molecule has 36 heavy (non-hydrogen) atoms. The number of hydrogen-bond acceptors (Lipinski definition) is 8. The third kappa shape index (κ3) is 6.10. The Morgan fingerprint density at radius 1 is 1.06 bits per heavy atom. The highest BCUT2D eigenvalue weighted by Gasteiger charge is 2.17. The molecule has 0 saturated carbocycles. The van der Waals surface area contributed by atoms with Gasteiger partial charge in [0.15, 0.2) is 5.82 Å². The Morgan fingerprint density at radius 2 is 1.78 bits per heavy atom. The van der Waals surface area contributed by atoms with Crippen molar-refractivity contribution in [3.05, 3.63) is 83.6 Å². The first-order valence-corrected chi connectivity index (χ1v) is 13.2. The summed E-state index contributed by atoms with van der Waals surface area (Å²) in [6, 6.07) is 20.6. The molecule has 0 fully saturated rings. The van der Waals surface area contributed by atoms with E-state index in [1.54, 1.807) is 19.1 Å². The van der Waals surface area contributed by atoms with Gasteiger partial charge < -0.3 is 9.84 Å². The van der Waals surface area contributed by atoms with Gasteiger partial charge in [0.05, 0.1) is 21.9 Å². The van der Waals surface area contributed by atoms with Crippen LogP contribution < -0.4 is 10.0 Å².